The van der Waals surface area contributed by atoms with E-state index in [4.69, 9.17) is 9.72 Å². The number of carbonyl (C=O) groups excluding carboxylic acids is 1. The van der Waals surface area contributed by atoms with Crippen molar-refractivity contribution in [1.82, 2.24) is 9.88 Å². The summed E-state index contributed by atoms with van der Waals surface area (Å²) in [7, 11) is 0. The highest BCUT2D eigenvalue weighted by atomic mass is 79.9. The molecular weight excluding hydrogens is 450 g/mol. The molecule has 0 aliphatic carbocycles. The molecule has 3 aromatic rings. The molecule has 29 heavy (non-hydrogen) atoms. The van der Waals surface area contributed by atoms with Crippen molar-refractivity contribution in [3.05, 3.63) is 52.5 Å². The number of thiazole rings is 1. The number of likely N-dealkylation sites (N-methyl/N-ethyl adjacent to an activating group) is 1. The summed E-state index contributed by atoms with van der Waals surface area (Å²) in [5.74, 6) is 0.710. The van der Waals surface area contributed by atoms with E-state index in [1.54, 1.807) is 4.90 Å². The number of carbonyl (C=O) groups is 1. The first-order chi connectivity index (χ1) is 14.1. The van der Waals surface area contributed by atoms with Crippen LogP contribution >= 0.6 is 27.3 Å². The molecule has 1 heterocycles. The predicted octanol–water partition coefficient (Wildman–Crippen LogP) is 5.45. The molecule has 0 atom stereocenters. The number of anilines is 1. The van der Waals surface area contributed by atoms with Gasteiger partial charge < -0.3 is 9.64 Å². The molecular formula is C22H26BrN3O2S. The van der Waals surface area contributed by atoms with E-state index < -0.39 is 0 Å². The Morgan fingerprint density at radius 3 is 2.55 bits per heavy atom. The van der Waals surface area contributed by atoms with Crippen LogP contribution in [-0.2, 0) is 0 Å². The molecule has 3 rings (SSSR count). The average molecular weight is 476 g/mol. The molecule has 0 radical (unpaired) electrons. The van der Waals surface area contributed by atoms with Gasteiger partial charge in [-0.3, -0.25) is 9.69 Å². The summed E-state index contributed by atoms with van der Waals surface area (Å²) >= 11 is 4.99. The van der Waals surface area contributed by atoms with Gasteiger partial charge in [0.2, 0.25) is 0 Å². The number of benzene rings is 2. The molecule has 0 spiro atoms. The summed E-state index contributed by atoms with van der Waals surface area (Å²) in [5.41, 5.74) is 1.45. The maximum absolute atomic E-state index is 13.4. The van der Waals surface area contributed by atoms with E-state index in [2.05, 4.69) is 34.7 Å². The highest BCUT2D eigenvalue weighted by molar-refractivity contribution is 9.10. The maximum Gasteiger partial charge on any atom is 0.260 e. The summed E-state index contributed by atoms with van der Waals surface area (Å²) < 4.78 is 7.63. The van der Waals surface area contributed by atoms with Gasteiger partial charge in [-0.25, -0.2) is 4.98 Å². The van der Waals surface area contributed by atoms with Crippen molar-refractivity contribution in [3.63, 3.8) is 0 Å². The number of rotatable bonds is 9. The molecule has 0 saturated carbocycles. The minimum absolute atomic E-state index is 0.0459. The molecule has 0 fully saturated rings. The van der Waals surface area contributed by atoms with Crippen molar-refractivity contribution in [2.45, 2.75) is 20.8 Å². The lowest BCUT2D eigenvalue weighted by Gasteiger charge is -2.24. The molecule has 0 saturated heterocycles. The van der Waals surface area contributed by atoms with Crippen molar-refractivity contribution in [2.75, 3.05) is 37.7 Å². The molecule has 2 aromatic carbocycles. The van der Waals surface area contributed by atoms with Gasteiger partial charge in [0.15, 0.2) is 5.13 Å². The lowest BCUT2D eigenvalue weighted by Crippen LogP contribution is -2.38. The number of amides is 1. The Kier molecular flexibility index (Phi) is 7.64. The Hall–Kier alpha value is -1.96. The SMILES string of the molecule is CCOc1cccc2sc(N(CCN(CC)CC)C(=O)c3cccc(Br)c3)nc12. The smallest absolute Gasteiger partial charge is 0.260 e. The highest BCUT2D eigenvalue weighted by Gasteiger charge is 2.23. The second-order valence-corrected chi connectivity index (χ2v) is 8.45. The minimum atomic E-state index is -0.0459. The van der Waals surface area contributed by atoms with Crippen LogP contribution in [0, 0.1) is 0 Å². The molecule has 7 heteroatoms. The summed E-state index contributed by atoms with van der Waals surface area (Å²) in [6, 6.07) is 13.4. The first kappa shape index (κ1) is 21.7. The molecule has 1 aromatic heterocycles. The van der Waals surface area contributed by atoms with Gasteiger partial charge in [0.25, 0.3) is 5.91 Å². The minimum Gasteiger partial charge on any atom is -0.492 e. The van der Waals surface area contributed by atoms with Crippen LogP contribution in [0.25, 0.3) is 10.2 Å². The maximum atomic E-state index is 13.4. The molecule has 0 aliphatic heterocycles. The van der Waals surface area contributed by atoms with Gasteiger partial charge in [-0.15, -0.1) is 0 Å². The van der Waals surface area contributed by atoms with Gasteiger partial charge in [0.05, 0.1) is 11.3 Å². The molecule has 0 aliphatic rings. The Morgan fingerprint density at radius 1 is 1.10 bits per heavy atom. The van der Waals surface area contributed by atoms with Crippen molar-refractivity contribution in [1.29, 1.82) is 0 Å². The van der Waals surface area contributed by atoms with Crippen LogP contribution in [-0.4, -0.2) is 48.6 Å². The Balaban J connectivity index is 1.99. The van der Waals surface area contributed by atoms with Crippen LogP contribution in [0.2, 0.25) is 0 Å². The summed E-state index contributed by atoms with van der Waals surface area (Å²) in [6.45, 7) is 10.1. The van der Waals surface area contributed by atoms with E-state index in [1.165, 1.54) is 11.3 Å². The number of fused-ring (bicyclic) bond motifs is 1. The third-order valence-electron chi connectivity index (χ3n) is 4.75. The van der Waals surface area contributed by atoms with Gasteiger partial charge in [0.1, 0.15) is 11.3 Å². The third-order valence-corrected chi connectivity index (χ3v) is 6.29. The number of hydrogen-bond donors (Lipinski definition) is 0. The summed E-state index contributed by atoms with van der Waals surface area (Å²) in [5, 5.41) is 0.698. The lowest BCUT2D eigenvalue weighted by molar-refractivity contribution is 0.0983. The van der Waals surface area contributed by atoms with E-state index in [9.17, 15) is 4.79 Å². The highest BCUT2D eigenvalue weighted by Crippen LogP contribution is 2.34. The van der Waals surface area contributed by atoms with Gasteiger partial charge in [-0.1, -0.05) is 53.2 Å². The Morgan fingerprint density at radius 2 is 1.86 bits per heavy atom. The molecule has 154 valence electrons. The second kappa shape index (κ2) is 10.2. The molecule has 5 nitrogen and oxygen atoms in total. The standard InChI is InChI=1S/C22H26BrN3O2S/c1-4-25(5-2)13-14-26(21(27)16-9-7-10-17(23)15-16)22-24-20-18(28-6-3)11-8-12-19(20)29-22/h7-12,15H,4-6,13-14H2,1-3H3. The fourth-order valence-electron chi connectivity index (χ4n) is 3.14. The van der Waals surface area contributed by atoms with Crippen molar-refractivity contribution in [3.8, 4) is 5.75 Å². The van der Waals surface area contributed by atoms with Gasteiger partial charge in [0, 0.05) is 23.1 Å². The van der Waals surface area contributed by atoms with Crippen LogP contribution in [0.4, 0.5) is 5.13 Å². The fraction of sp³-hybridized carbons (Fsp3) is 0.364. The molecule has 0 unspecified atom stereocenters. The monoisotopic (exact) mass is 475 g/mol. The number of hydrogen-bond acceptors (Lipinski definition) is 5. The Labute approximate surface area is 184 Å². The largest absolute Gasteiger partial charge is 0.492 e. The van der Waals surface area contributed by atoms with Gasteiger partial charge in [-0.2, -0.15) is 0 Å². The van der Waals surface area contributed by atoms with Crippen LogP contribution in [0.5, 0.6) is 5.75 Å². The van der Waals surface area contributed by atoms with E-state index in [1.807, 2.05) is 49.4 Å². The first-order valence-corrected chi connectivity index (χ1v) is 11.5. The normalized spacial score (nSPS) is 11.2. The third kappa shape index (κ3) is 5.15. The number of para-hydroxylation sites is 1. The van der Waals surface area contributed by atoms with Crippen LogP contribution < -0.4 is 9.64 Å². The molecule has 0 N–H and O–H groups in total. The lowest BCUT2D eigenvalue weighted by atomic mass is 10.2. The number of halogens is 1. The van der Waals surface area contributed by atoms with Crippen LogP contribution in [0.15, 0.2) is 46.9 Å². The van der Waals surface area contributed by atoms with Gasteiger partial charge in [-0.05, 0) is 50.3 Å². The predicted molar refractivity (Wildman–Crippen MR) is 124 cm³/mol. The quantitative estimate of drug-likeness (QED) is 0.412. The van der Waals surface area contributed by atoms with E-state index in [0.717, 1.165) is 40.1 Å². The van der Waals surface area contributed by atoms with E-state index in [-0.39, 0.29) is 5.91 Å². The average Bonchev–Trinajstić information content (AvgIpc) is 3.16. The van der Waals surface area contributed by atoms with Crippen molar-refractivity contribution >= 4 is 48.5 Å². The van der Waals surface area contributed by atoms with Gasteiger partial charge >= 0.3 is 0 Å². The fourth-order valence-corrected chi connectivity index (χ4v) is 4.55. The van der Waals surface area contributed by atoms with Crippen LogP contribution in [0.3, 0.4) is 0 Å². The van der Waals surface area contributed by atoms with Crippen molar-refractivity contribution < 1.29 is 9.53 Å². The molecule has 1 amide bonds. The topological polar surface area (TPSA) is 45.7 Å². The van der Waals surface area contributed by atoms with E-state index in [0.29, 0.717) is 23.8 Å². The summed E-state index contributed by atoms with van der Waals surface area (Å²) in [6.07, 6.45) is 0. The Bertz CT molecular complexity index is 972. The number of nitrogens with zero attached hydrogens (tertiary/aromatic N) is 3. The van der Waals surface area contributed by atoms with Crippen molar-refractivity contribution in [2.24, 2.45) is 0 Å². The number of ether oxygens (including phenoxy) is 1. The second-order valence-electron chi connectivity index (χ2n) is 6.53. The molecule has 0 bridgehead atoms. The summed E-state index contributed by atoms with van der Waals surface area (Å²) in [4.78, 5) is 22.3. The zero-order valence-electron chi connectivity index (χ0n) is 17.0. The zero-order valence-corrected chi connectivity index (χ0v) is 19.4. The zero-order chi connectivity index (χ0) is 20.8. The number of aromatic nitrogens is 1. The van der Waals surface area contributed by atoms with Crippen LogP contribution in [0.1, 0.15) is 31.1 Å². The first-order valence-electron chi connectivity index (χ1n) is 9.89. The van der Waals surface area contributed by atoms with E-state index >= 15 is 0 Å².